The molecule has 0 spiro atoms. The fourth-order valence-corrected chi connectivity index (χ4v) is 4.90. The summed E-state index contributed by atoms with van der Waals surface area (Å²) in [5.74, 6) is 0.516. The number of imidazole rings is 1. The van der Waals surface area contributed by atoms with Crippen molar-refractivity contribution in [2.24, 2.45) is 11.7 Å². The maximum Gasteiger partial charge on any atom is 0.224 e. The summed E-state index contributed by atoms with van der Waals surface area (Å²) in [5.41, 5.74) is 8.09. The average Bonchev–Trinajstić information content (AvgIpc) is 3.20. The maximum absolute atomic E-state index is 14.2. The molecule has 5 rings (SSSR count). The first-order valence-electron chi connectivity index (χ1n) is 11.9. The van der Waals surface area contributed by atoms with Gasteiger partial charge in [0.15, 0.2) is 5.65 Å². The first kappa shape index (κ1) is 22.5. The standard InChI is InChI=1S/C24H30FN7O2/c1-14-18(25)3-2-4-19(14)29-24-30-20-13-27-23(28-16-9-11-34-12-10-16)31-22(20)32(24)17-7-5-15(6-8-17)21(26)33/h2-4,13,15-17H,5-12H2,1H3,(H2,26,33)(H,29,30)(H,27,28,31)/t15-,17-. The third kappa shape index (κ3) is 4.54. The Labute approximate surface area is 197 Å². The molecule has 1 aliphatic carbocycles. The number of fused-ring (bicyclic) bond motifs is 1. The molecule has 0 atom stereocenters. The van der Waals surface area contributed by atoms with E-state index in [0.29, 0.717) is 34.3 Å². The van der Waals surface area contributed by atoms with E-state index in [1.807, 2.05) is 6.07 Å². The lowest BCUT2D eigenvalue weighted by atomic mass is 9.85. The minimum absolute atomic E-state index is 0.0859. The number of carbonyl (C=O) groups is 1. The summed E-state index contributed by atoms with van der Waals surface area (Å²) >= 11 is 0. The molecule has 9 nitrogen and oxygen atoms in total. The zero-order valence-electron chi connectivity index (χ0n) is 19.3. The maximum atomic E-state index is 14.2. The SMILES string of the molecule is Cc1c(F)cccc1Nc1nc2cnc(NC3CCOCC3)nc2n1[C@H]1CC[C@H](C(N)=O)CC1. The van der Waals surface area contributed by atoms with E-state index in [1.165, 1.54) is 6.07 Å². The van der Waals surface area contributed by atoms with Crippen molar-refractivity contribution in [3.8, 4) is 0 Å². The fourth-order valence-electron chi connectivity index (χ4n) is 4.90. The number of nitrogens with zero attached hydrogens (tertiary/aromatic N) is 4. The third-order valence-electron chi connectivity index (χ3n) is 6.97. The largest absolute Gasteiger partial charge is 0.381 e. The minimum atomic E-state index is -0.280. The fraction of sp³-hybridized carbons (Fsp3) is 0.500. The molecule has 0 unspecified atom stereocenters. The first-order chi connectivity index (χ1) is 16.5. The van der Waals surface area contributed by atoms with Crippen molar-refractivity contribution in [1.82, 2.24) is 19.5 Å². The summed E-state index contributed by atoms with van der Waals surface area (Å²) in [6.07, 6.45) is 6.53. The second-order valence-corrected chi connectivity index (χ2v) is 9.18. The molecule has 2 fully saturated rings. The van der Waals surface area contributed by atoms with Gasteiger partial charge in [-0.1, -0.05) is 6.07 Å². The molecule has 1 saturated heterocycles. The van der Waals surface area contributed by atoms with E-state index in [4.69, 9.17) is 20.4 Å². The highest BCUT2D eigenvalue weighted by atomic mass is 19.1. The number of hydrogen-bond donors (Lipinski definition) is 3. The van der Waals surface area contributed by atoms with Crippen LogP contribution in [-0.4, -0.2) is 44.7 Å². The molecule has 3 aromatic rings. The van der Waals surface area contributed by atoms with Crippen LogP contribution < -0.4 is 16.4 Å². The second kappa shape index (κ2) is 9.54. The molecule has 2 aliphatic rings. The number of primary amides is 1. The van der Waals surface area contributed by atoms with E-state index >= 15 is 0 Å². The Morgan fingerprint density at radius 2 is 1.91 bits per heavy atom. The van der Waals surface area contributed by atoms with Crippen LogP contribution in [0.3, 0.4) is 0 Å². The van der Waals surface area contributed by atoms with Crippen molar-refractivity contribution in [1.29, 1.82) is 0 Å². The molecule has 4 N–H and O–H groups in total. The molecule has 1 aliphatic heterocycles. The highest BCUT2D eigenvalue weighted by Crippen LogP contribution is 2.37. The molecule has 2 aromatic heterocycles. The zero-order chi connectivity index (χ0) is 23.7. The molecule has 3 heterocycles. The number of carbonyl (C=O) groups excluding carboxylic acids is 1. The van der Waals surface area contributed by atoms with Gasteiger partial charge in [0.25, 0.3) is 0 Å². The van der Waals surface area contributed by atoms with Gasteiger partial charge < -0.3 is 21.1 Å². The third-order valence-corrected chi connectivity index (χ3v) is 6.97. The van der Waals surface area contributed by atoms with Crippen LogP contribution >= 0.6 is 0 Å². The van der Waals surface area contributed by atoms with Crippen molar-refractivity contribution in [2.75, 3.05) is 23.8 Å². The summed E-state index contributed by atoms with van der Waals surface area (Å²) in [6.45, 7) is 3.18. The number of amides is 1. The Balaban J connectivity index is 1.51. The van der Waals surface area contributed by atoms with E-state index in [9.17, 15) is 9.18 Å². The van der Waals surface area contributed by atoms with Gasteiger partial charge in [-0.25, -0.2) is 14.4 Å². The topological polar surface area (TPSA) is 120 Å². The van der Waals surface area contributed by atoms with Gasteiger partial charge in [-0.2, -0.15) is 4.98 Å². The number of benzene rings is 1. The first-order valence-corrected chi connectivity index (χ1v) is 11.9. The number of hydrogen-bond acceptors (Lipinski definition) is 7. The summed E-state index contributed by atoms with van der Waals surface area (Å²) in [4.78, 5) is 25.8. The molecule has 34 heavy (non-hydrogen) atoms. The minimum Gasteiger partial charge on any atom is -0.381 e. The van der Waals surface area contributed by atoms with Crippen molar-refractivity contribution >= 4 is 34.7 Å². The molecule has 1 amide bonds. The van der Waals surface area contributed by atoms with Crippen LogP contribution in [0.5, 0.6) is 0 Å². The second-order valence-electron chi connectivity index (χ2n) is 9.18. The van der Waals surface area contributed by atoms with Crippen LogP contribution in [0, 0.1) is 18.7 Å². The van der Waals surface area contributed by atoms with E-state index in [-0.39, 0.29) is 29.7 Å². The molecule has 10 heteroatoms. The van der Waals surface area contributed by atoms with Crippen LogP contribution in [0.25, 0.3) is 11.2 Å². The monoisotopic (exact) mass is 467 g/mol. The average molecular weight is 468 g/mol. The van der Waals surface area contributed by atoms with E-state index in [2.05, 4.69) is 20.2 Å². The van der Waals surface area contributed by atoms with Crippen LogP contribution in [0.4, 0.5) is 22.0 Å². The van der Waals surface area contributed by atoms with Crippen molar-refractivity contribution in [3.63, 3.8) is 0 Å². The predicted molar refractivity (Wildman–Crippen MR) is 127 cm³/mol. The Morgan fingerprint density at radius 3 is 2.65 bits per heavy atom. The van der Waals surface area contributed by atoms with E-state index < -0.39 is 0 Å². The lowest BCUT2D eigenvalue weighted by molar-refractivity contribution is -0.122. The van der Waals surface area contributed by atoms with Gasteiger partial charge in [0.05, 0.1) is 6.20 Å². The number of nitrogens with two attached hydrogens (primary N) is 1. The normalized spacial score (nSPS) is 21.5. The van der Waals surface area contributed by atoms with Crippen molar-refractivity contribution in [2.45, 2.75) is 57.5 Å². The molecule has 180 valence electrons. The highest BCUT2D eigenvalue weighted by molar-refractivity contribution is 5.78. The van der Waals surface area contributed by atoms with Gasteiger partial charge >= 0.3 is 0 Å². The number of halogens is 1. The highest BCUT2D eigenvalue weighted by Gasteiger charge is 2.29. The molecule has 0 bridgehead atoms. The van der Waals surface area contributed by atoms with Crippen molar-refractivity contribution < 1.29 is 13.9 Å². The lowest BCUT2D eigenvalue weighted by Gasteiger charge is -2.29. The van der Waals surface area contributed by atoms with Gasteiger partial charge in [-0.15, -0.1) is 0 Å². The lowest BCUT2D eigenvalue weighted by Crippen LogP contribution is -2.29. The zero-order valence-corrected chi connectivity index (χ0v) is 19.3. The van der Waals surface area contributed by atoms with Gasteiger partial charge in [0.1, 0.15) is 11.3 Å². The quantitative estimate of drug-likeness (QED) is 0.504. The number of nitrogens with one attached hydrogen (secondary N) is 2. The Morgan fingerprint density at radius 1 is 1.15 bits per heavy atom. The van der Waals surface area contributed by atoms with Crippen LogP contribution in [-0.2, 0) is 9.53 Å². The molecule has 1 saturated carbocycles. The number of anilines is 3. The molecule has 1 aromatic carbocycles. The van der Waals surface area contributed by atoms with Crippen LogP contribution in [0.2, 0.25) is 0 Å². The Kier molecular flexibility index (Phi) is 6.32. The van der Waals surface area contributed by atoms with Crippen molar-refractivity contribution in [3.05, 3.63) is 35.8 Å². The van der Waals surface area contributed by atoms with E-state index in [1.54, 1.807) is 19.2 Å². The predicted octanol–water partition coefficient (Wildman–Crippen LogP) is 3.82. The Hall–Kier alpha value is -3.27. The van der Waals surface area contributed by atoms with Crippen LogP contribution in [0.1, 0.15) is 50.1 Å². The number of rotatable bonds is 6. The van der Waals surface area contributed by atoms with Crippen LogP contribution in [0.15, 0.2) is 24.4 Å². The molecule has 0 radical (unpaired) electrons. The summed E-state index contributed by atoms with van der Waals surface area (Å²) in [7, 11) is 0. The number of ether oxygens (including phenoxy) is 1. The smallest absolute Gasteiger partial charge is 0.224 e. The molecular weight excluding hydrogens is 437 g/mol. The number of aromatic nitrogens is 4. The van der Waals surface area contributed by atoms with Gasteiger partial charge in [-0.3, -0.25) is 9.36 Å². The van der Waals surface area contributed by atoms with Gasteiger partial charge in [-0.05, 0) is 57.6 Å². The van der Waals surface area contributed by atoms with E-state index in [0.717, 1.165) is 51.7 Å². The Bertz CT molecular complexity index is 1180. The summed E-state index contributed by atoms with van der Waals surface area (Å²) in [6, 6.07) is 5.29. The summed E-state index contributed by atoms with van der Waals surface area (Å²) in [5, 5.41) is 6.74. The van der Waals surface area contributed by atoms with Gasteiger partial charge in [0, 0.05) is 42.5 Å². The van der Waals surface area contributed by atoms with Gasteiger partial charge in [0.2, 0.25) is 17.8 Å². The summed E-state index contributed by atoms with van der Waals surface area (Å²) < 4.78 is 21.7. The molecular formula is C24H30FN7O2.